The van der Waals surface area contributed by atoms with Gasteiger partial charge in [-0.05, 0) is 47.5 Å². The van der Waals surface area contributed by atoms with Crippen LogP contribution in [0.4, 0.5) is 0 Å². The van der Waals surface area contributed by atoms with E-state index in [0.29, 0.717) is 34.5 Å². The van der Waals surface area contributed by atoms with Crippen molar-refractivity contribution in [1.82, 2.24) is 5.43 Å². The summed E-state index contributed by atoms with van der Waals surface area (Å²) in [5, 5.41) is 14.4. The second-order valence-electron chi connectivity index (χ2n) is 5.96. The molecule has 0 heterocycles. The molecule has 140 valence electrons. The number of nitrogens with one attached hydrogen (secondary N) is 1. The van der Waals surface area contributed by atoms with Crippen molar-refractivity contribution in [2.24, 2.45) is 5.10 Å². The Morgan fingerprint density at radius 2 is 1.82 bits per heavy atom. The van der Waals surface area contributed by atoms with Gasteiger partial charge in [-0.3, -0.25) is 0 Å². The first-order valence-electron chi connectivity index (χ1n) is 8.56. The molecule has 0 atom stereocenters. The zero-order valence-electron chi connectivity index (χ0n) is 14.9. The fourth-order valence-electron chi connectivity index (χ4n) is 2.48. The van der Waals surface area contributed by atoms with Gasteiger partial charge in [-0.15, -0.1) is 0 Å². The summed E-state index contributed by atoms with van der Waals surface area (Å²) in [6, 6.07) is 22.3. The van der Waals surface area contributed by atoms with E-state index >= 15 is 0 Å². The van der Waals surface area contributed by atoms with Crippen LogP contribution in [0.3, 0.4) is 0 Å². The van der Waals surface area contributed by atoms with Gasteiger partial charge in [-0.25, -0.2) is 0 Å². The van der Waals surface area contributed by atoms with Crippen LogP contribution in [0.25, 0.3) is 0 Å². The first-order valence-corrected chi connectivity index (χ1v) is 9.32. The van der Waals surface area contributed by atoms with E-state index < -0.39 is 0 Å². The Labute approximate surface area is 174 Å². The first kappa shape index (κ1) is 19.8. The number of hydrazone groups is 1. The molecular formula is C22H17Cl2N3O. The quantitative estimate of drug-likeness (QED) is 0.409. The van der Waals surface area contributed by atoms with Crippen molar-refractivity contribution >= 4 is 29.4 Å². The summed E-state index contributed by atoms with van der Waals surface area (Å²) in [5.74, 6) is 0.664. The average Bonchev–Trinajstić information content (AvgIpc) is 2.72. The van der Waals surface area contributed by atoms with E-state index in [4.69, 9.17) is 33.2 Å². The van der Waals surface area contributed by atoms with Crippen LogP contribution in [0.15, 0.2) is 71.8 Å². The molecule has 0 amide bonds. The predicted octanol–water partition coefficient (Wildman–Crippen LogP) is 5.57. The number of ether oxygens (including phenoxy) is 1. The van der Waals surface area contributed by atoms with Gasteiger partial charge in [0.2, 0.25) is 0 Å². The molecule has 0 aromatic heterocycles. The number of nitriles is 1. The molecule has 0 bridgehead atoms. The molecule has 0 aliphatic carbocycles. The molecule has 28 heavy (non-hydrogen) atoms. The summed E-state index contributed by atoms with van der Waals surface area (Å²) in [7, 11) is 0. The van der Waals surface area contributed by atoms with Crippen LogP contribution in [0.1, 0.15) is 22.3 Å². The molecule has 3 rings (SSSR count). The fraction of sp³-hybridized carbons (Fsp3) is 0.0909. The van der Waals surface area contributed by atoms with E-state index in [1.807, 2.05) is 36.4 Å². The Balaban J connectivity index is 1.64. The average molecular weight is 410 g/mol. The van der Waals surface area contributed by atoms with Gasteiger partial charge in [-0.1, -0.05) is 53.5 Å². The van der Waals surface area contributed by atoms with Crippen LogP contribution in [0.5, 0.6) is 5.75 Å². The van der Waals surface area contributed by atoms with Crippen LogP contribution in [0, 0.1) is 11.3 Å². The molecule has 0 unspecified atom stereocenters. The summed E-state index contributed by atoms with van der Waals surface area (Å²) < 4.78 is 5.90. The van der Waals surface area contributed by atoms with Crippen molar-refractivity contribution in [2.75, 3.05) is 0 Å². The Morgan fingerprint density at radius 3 is 2.57 bits per heavy atom. The molecule has 4 nitrogen and oxygen atoms in total. The minimum Gasteiger partial charge on any atom is -0.488 e. The molecule has 0 fully saturated rings. The van der Waals surface area contributed by atoms with E-state index in [-0.39, 0.29) is 0 Å². The molecule has 0 radical (unpaired) electrons. The largest absolute Gasteiger partial charge is 0.488 e. The lowest BCUT2D eigenvalue weighted by Gasteiger charge is -2.10. The second-order valence-corrected chi connectivity index (χ2v) is 6.81. The lowest BCUT2D eigenvalue weighted by molar-refractivity contribution is 0.306. The number of rotatable bonds is 7. The van der Waals surface area contributed by atoms with Gasteiger partial charge in [0.25, 0.3) is 0 Å². The molecule has 6 heteroatoms. The van der Waals surface area contributed by atoms with Crippen molar-refractivity contribution in [3.63, 3.8) is 0 Å². The maximum absolute atomic E-state index is 8.87. The highest BCUT2D eigenvalue weighted by molar-refractivity contribution is 6.31. The maximum Gasteiger partial charge on any atom is 0.128 e. The third-order valence-corrected chi connectivity index (χ3v) is 4.58. The third-order valence-electron chi connectivity index (χ3n) is 3.97. The van der Waals surface area contributed by atoms with Crippen LogP contribution in [-0.4, -0.2) is 6.21 Å². The number of benzene rings is 3. The highest BCUT2D eigenvalue weighted by atomic mass is 35.5. The Morgan fingerprint density at radius 1 is 1.04 bits per heavy atom. The van der Waals surface area contributed by atoms with Gasteiger partial charge >= 0.3 is 0 Å². The van der Waals surface area contributed by atoms with Gasteiger partial charge in [0, 0.05) is 15.6 Å². The smallest absolute Gasteiger partial charge is 0.128 e. The third kappa shape index (κ3) is 5.50. The maximum atomic E-state index is 8.87. The van der Waals surface area contributed by atoms with Crippen molar-refractivity contribution in [1.29, 1.82) is 5.26 Å². The standard InChI is InChI=1S/C22H17Cl2N3O/c23-20-9-10-22(28-15-17-7-5-16(12-25)6-8-17)19(11-20)14-27-26-13-18-3-1-2-4-21(18)24/h1-11,14,26H,13,15H2/b27-14-. The highest BCUT2D eigenvalue weighted by Crippen LogP contribution is 2.22. The number of halogens is 2. The van der Waals surface area contributed by atoms with Crippen molar-refractivity contribution in [3.05, 3.63) is 99.0 Å². The van der Waals surface area contributed by atoms with Gasteiger partial charge in [0.15, 0.2) is 0 Å². The Hall–Kier alpha value is -3.00. The van der Waals surface area contributed by atoms with Gasteiger partial charge in [-0.2, -0.15) is 10.4 Å². The normalized spacial score (nSPS) is 10.6. The van der Waals surface area contributed by atoms with Crippen LogP contribution < -0.4 is 10.2 Å². The summed E-state index contributed by atoms with van der Waals surface area (Å²) >= 11 is 12.2. The van der Waals surface area contributed by atoms with Crippen molar-refractivity contribution < 1.29 is 4.74 Å². The molecular weight excluding hydrogens is 393 g/mol. The number of hydrogen-bond donors (Lipinski definition) is 1. The van der Waals surface area contributed by atoms with E-state index in [9.17, 15) is 0 Å². The SMILES string of the molecule is N#Cc1ccc(COc2ccc(Cl)cc2/C=N\NCc2ccccc2Cl)cc1. The van der Waals surface area contributed by atoms with Gasteiger partial charge in [0.05, 0.1) is 24.4 Å². The molecule has 3 aromatic rings. The molecule has 0 saturated heterocycles. The van der Waals surface area contributed by atoms with E-state index in [1.54, 1.807) is 36.5 Å². The topological polar surface area (TPSA) is 57.4 Å². The number of nitrogens with zero attached hydrogens (tertiary/aromatic N) is 2. The molecule has 0 aliphatic rings. The molecule has 0 spiro atoms. The van der Waals surface area contributed by atoms with Gasteiger partial charge in [0.1, 0.15) is 12.4 Å². The minimum atomic E-state index is 0.376. The monoisotopic (exact) mass is 409 g/mol. The van der Waals surface area contributed by atoms with E-state index in [2.05, 4.69) is 16.6 Å². The Kier molecular flexibility index (Phi) is 6.91. The lowest BCUT2D eigenvalue weighted by Crippen LogP contribution is -2.06. The van der Waals surface area contributed by atoms with Crippen molar-refractivity contribution in [3.8, 4) is 11.8 Å². The summed E-state index contributed by atoms with van der Waals surface area (Å²) in [4.78, 5) is 0. The highest BCUT2D eigenvalue weighted by Gasteiger charge is 2.04. The summed E-state index contributed by atoms with van der Waals surface area (Å²) in [6.07, 6.45) is 1.66. The molecule has 1 N–H and O–H groups in total. The molecule has 0 saturated carbocycles. The predicted molar refractivity (Wildman–Crippen MR) is 113 cm³/mol. The van der Waals surface area contributed by atoms with Gasteiger partial charge < -0.3 is 10.2 Å². The molecule has 0 aliphatic heterocycles. The molecule has 3 aromatic carbocycles. The Bertz CT molecular complexity index is 1010. The lowest BCUT2D eigenvalue weighted by atomic mass is 10.1. The fourth-order valence-corrected chi connectivity index (χ4v) is 2.86. The first-order chi connectivity index (χ1) is 13.7. The summed E-state index contributed by atoms with van der Waals surface area (Å²) in [6.45, 7) is 0.888. The zero-order valence-corrected chi connectivity index (χ0v) is 16.4. The van der Waals surface area contributed by atoms with E-state index in [1.165, 1.54) is 0 Å². The summed E-state index contributed by atoms with van der Waals surface area (Å²) in [5.41, 5.74) is 6.28. The van der Waals surface area contributed by atoms with E-state index in [0.717, 1.165) is 16.7 Å². The van der Waals surface area contributed by atoms with Crippen LogP contribution >= 0.6 is 23.2 Å². The van der Waals surface area contributed by atoms with Crippen LogP contribution in [0.2, 0.25) is 10.0 Å². The zero-order chi connectivity index (χ0) is 19.8. The second kappa shape index (κ2) is 9.80. The number of hydrogen-bond acceptors (Lipinski definition) is 4. The van der Waals surface area contributed by atoms with Crippen molar-refractivity contribution in [2.45, 2.75) is 13.2 Å². The minimum absolute atomic E-state index is 0.376. The van der Waals surface area contributed by atoms with Crippen LogP contribution in [-0.2, 0) is 13.2 Å².